The fraction of sp³-hybridized carbons (Fsp3) is 0.308. The summed E-state index contributed by atoms with van der Waals surface area (Å²) in [6.45, 7) is 0. The van der Waals surface area contributed by atoms with Crippen molar-refractivity contribution in [3.05, 3.63) is 41.4 Å². The Morgan fingerprint density at radius 3 is 1.96 bits per heavy atom. The Balaban J connectivity index is 2.34. The van der Waals surface area contributed by atoms with Crippen molar-refractivity contribution in [2.45, 2.75) is 18.0 Å². The van der Waals surface area contributed by atoms with Crippen LogP contribution in [0.1, 0.15) is 0 Å². The molecule has 0 fully saturated rings. The monoisotopic (exact) mass is 488 g/mol. The number of nitrogens with one attached hydrogen (secondary N) is 2. The largest absolute Gasteiger partial charge is 0.320 e. The molecule has 0 radical (unpaired) electrons. The molecule has 1 aromatic rings. The van der Waals surface area contributed by atoms with Crippen LogP contribution in [0.25, 0.3) is 0 Å². The molecule has 11 heteroatoms. The topological polar surface area (TPSA) is 41.1 Å². The molecule has 2 rings (SSSR count). The van der Waals surface area contributed by atoms with E-state index in [1.165, 1.54) is 0 Å². The van der Waals surface area contributed by atoms with E-state index in [-0.39, 0.29) is 5.03 Å². The van der Waals surface area contributed by atoms with E-state index < -0.39 is 24.0 Å². The van der Waals surface area contributed by atoms with Crippen molar-refractivity contribution >= 4 is 105 Å². The number of alkyl halides is 7. The maximum absolute atomic E-state index is 12.2. The Bertz CT molecular complexity index is 676. The molecule has 1 unspecified atom stereocenters. The van der Waals surface area contributed by atoms with Crippen molar-refractivity contribution in [3.8, 4) is 0 Å². The summed E-state index contributed by atoms with van der Waals surface area (Å²) in [7, 11) is 0. The van der Waals surface area contributed by atoms with Crippen LogP contribution in [0, 0.1) is 0 Å². The van der Waals surface area contributed by atoms with Crippen LogP contribution in [0.4, 0.5) is 10.5 Å². The lowest BCUT2D eigenvalue weighted by Gasteiger charge is -2.51. The molecule has 1 aliphatic carbocycles. The van der Waals surface area contributed by atoms with Gasteiger partial charge in [-0.2, -0.15) is 0 Å². The van der Waals surface area contributed by atoms with Gasteiger partial charge in [0.25, 0.3) is 0 Å². The highest BCUT2D eigenvalue weighted by Gasteiger charge is 2.72. The predicted octanol–water partition coefficient (Wildman–Crippen LogP) is 6.40. The van der Waals surface area contributed by atoms with Gasteiger partial charge in [0.1, 0.15) is 0 Å². The number of rotatable bonds is 2. The number of amides is 2. The fourth-order valence-corrected chi connectivity index (χ4v) is 4.36. The molecule has 132 valence electrons. The van der Waals surface area contributed by atoms with E-state index in [9.17, 15) is 4.79 Å². The van der Waals surface area contributed by atoms with Crippen LogP contribution in [0.15, 0.2) is 41.4 Å². The lowest BCUT2D eigenvalue weighted by Crippen LogP contribution is -2.68. The molecule has 1 atom stereocenters. The number of hydrogen-bond donors (Lipinski definition) is 2. The molecule has 1 aromatic carbocycles. The van der Waals surface area contributed by atoms with Crippen LogP contribution < -0.4 is 10.6 Å². The molecule has 0 heterocycles. The number of hydrogen-bond acceptors (Lipinski definition) is 1. The van der Waals surface area contributed by atoms with Gasteiger partial charge >= 0.3 is 6.03 Å². The van der Waals surface area contributed by atoms with E-state index in [0.29, 0.717) is 5.69 Å². The van der Waals surface area contributed by atoms with E-state index in [0.717, 1.165) is 6.08 Å². The average Bonchev–Trinajstić information content (AvgIpc) is 2.46. The number of urea groups is 1. The molecule has 0 aromatic heterocycles. The minimum absolute atomic E-state index is 0.247. The Morgan fingerprint density at radius 2 is 1.42 bits per heavy atom. The highest BCUT2D eigenvalue weighted by atomic mass is 35.5. The smallest absolute Gasteiger partial charge is 0.313 e. The third kappa shape index (κ3) is 3.39. The lowest BCUT2D eigenvalue weighted by molar-refractivity contribution is 0.246. The van der Waals surface area contributed by atoms with Gasteiger partial charge in [0, 0.05) is 5.69 Å². The summed E-state index contributed by atoms with van der Waals surface area (Å²) in [5.74, 6) is 0. The number of para-hydroxylation sites is 1. The Kier molecular flexibility index (Phi) is 6.03. The van der Waals surface area contributed by atoms with Crippen LogP contribution in [0.3, 0.4) is 0 Å². The Morgan fingerprint density at radius 1 is 0.875 bits per heavy atom. The van der Waals surface area contributed by atoms with Crippen molar-refractivity contribution in [1.29, 1.82) is 0 Å². The molecular formula is C13H8Cl8N2O. The maximum atomic E-state index is 12.2. The third-order valence-corrected chi connectivity index (χ3v) is 8.51. The van der Waals surface area contributed by atoms with Gasteiger partial charge in [-0.05, 0) is 18.2 Å². The van der Waals surface area contributed by atoms with Crippen LogP contribution in [-0.4, -0.2) is 24.0 Å². The summed E-state index contributed by atoms with van der Waals surface area (Å²) in [4.78, 5) is 10.2. The molecule has 0 saturated heterocycles. The van der Waals surface area contributed by atoms with E-state index >= 15 is 0 Å². The van der Waals surface area contributed by atoms with Gasteiger partial charge in [-0.3, -0.25) is 0 Å². The van der Waals surface area contributed by atoms with E-state index in [2.05, 4.69) is 10.6 Å². The number of allylic oxidation sites excluding steroid dienone is 1. The van der Waals surface area contributed by atoms with Crippen molar-refractivity contribution < 1.29 is 4.79 Å². The molecular weight excluding hydrogens is 484 g/mol. The highest BCUT2D eigenvalue weighted by Crippen LogP contribution is 2.65. The summed E-state index contributed by atoms with van der Waals surface area (Å²) >= 11 is 49.1. The highest BCUT2D eigenvalue weighted by molar-refractivity contribution is 6.74. The second-order valence-corrected chi connectivity index (χ2v) is 9.86. The van der Waals surface area contributed by atoms with E-state index in [1.807, 2.05) is 0 Å². The molecule has 3 nitrogen and oxygen atoms in total. The fourth-order valence-electron chi connectivity index (χ4n) is 1.90. The van der Waals surface area contributed by atoms with Gasteiger partial charge in [0.2, 0.25) is 0 Å². The Labute approximate surface area is 178 Å². The molecule has 1 aliphatic rings. The van der Waals surface area contributed by atoms with Gasteiger partial charge < -0.3 is 10.6 Å². The first-order valence-electron chi connectivity index (χ1n) is 6.20. The summed E-state index contributed by atoms with van der Waals surface area (Å²) in [5.41, 5.74) is 0.503. The molecule has 24 heavy (non-hydrogen) atoms. The number of carbonyl (C=O) groups excluding carboxylic acids is 1. The minimum Gasteiger partial charge on any atom is -0.313 e. The van der Waals surface area contributed by atoms with Gasteiger partial charge in [-0.1, -0.05) is 111 Å². The molecule has 0 bridgehead atoms. The number of anilines is 1. The first-order valence-corrected chi connectivity index (χ1v) is 9.23. The van der Waals surface area contributed by atoms with Crippen LogP contribution in [-0.2, 0) is 0 Å². The summed E-state index contributed by atoms with van der Waals surface area (Å²) in [6.07, 6.45) is 1.07. The zero-order chi connectivity index (χ0) is 18.4. The van der Waals surface area contributed by atoms with Crippen molar-refractivity contribution in [1.82, 2.24) is 5.32 Å². The quantitative estimate of drug-likeness (QED) is 0.365. The standard InChI is InChI=1S/C13H8Cl8N2O/c14-8-6-10(15,12(18,19)13(20,21)11(8,16)17)23-9(24)22-7-4-2-1-3-5-7/h1-6H,(H2,22,23,24). The molecule has 0 aliphatic heterocycles. The second-order valence-electron chi connectivity index (χ2n) is 4.87. The predicted molar refractivity (Wildman–Crippen MR) is 104 cm³/mol. The van der Waals surface area contributed by atoms with Gasteiger partial charge in [0.05, 0.1) is 5.03 Å². The summed E-state index contributed by atoms with van der Waals surface area (Å²) in [6, 6.07) is 7.84. The Hall–Kier alpha value is 0.550. The molecule has 2 N–H and O–H groups in total. The minimum atomic E-state index is -2.25. The zero-order valence-electron chi connectivity index (χ0n) is 11.4. The lowest BCUT2D eigenvalue weighted by atomic mass is 9.98. The van der Waals surface area contributed by atoms with Gasteiger partial charge in [-0.15, -0.1) is 0 Å². The normalized spacial score (nSPS) is 27.1. The summed E-state index contributed by atoms with van der Waals surface area (Å²) < 4.78 is -6.53. The molecule has 0 saturated carbocycles. The average molecular weight is 492 g/mol. The SMILES string of the molecule is O=C(Nc1ccccc1)NC1(Cl)C=C(Cl)C(Cl)(Cl)C(Cl)(Cl)C1(Cl)Cl. The van der Waals surface area contributed by atoms with Crippen molar-refractivity contribution in [2.24, 2.45) is 0 Å². The summed E-state index contributed by atoms with van der Waals surface area (Å²) in [5, 5.41) is 4.65. The van der Waals surface area contributed by atoms with Crippen molar-refractivity contribution in [2.75, 3.05) is 5.32 Å². The van der Waals surface area contributed by atoms with Crippen molar-refractivity contribution in [3.63, 3.8) is 0 Å². The molecule has 2 amide bonds. The third-order valence-electron chi connectivity index (χ3n) is 3.20. The molecule has 0 spiro atoms. The zero-order valence-corrected chi connectivity index (χ0v) is 17.4. The first-order chi connectivity index (χ1) is 10.8. The van der Waals surface area contributed by atoms with Crippen LogP contribution in [0.2, 0.25) is 0 Å². The second kappa shape index (κ2) is 6.94. The maximum Gasteiger partial charge on any atom is 0.320 e. The van der Waals surface area contributed by atoms with Gasteiger partial charge in [0.15, 0.2) is 18.0 Å². The van der Waals surface area contributed by atoms with Crippen LogP contribution >= 0.6 is 92.8 Å². The number of benzene rings is 1. The van der Waals surface area contributed by atoms with Gasteiger partial charge in [-0.25, -0.2) is 4.79 Å². The number of halogens is 8. The first kappa shape index (κ1) is 20.9. The van der Waals surface area contributed by atoms with Crippen LogP contribution in [0.5, 0.6) is 0 Å². The van der Waals surface area contributed by atoms with E-state index in [1.54, 1.807) is 30.3 Å². The number of carbonyl (C=O) groups is 1. The van der Waals surface area contributed by atoms with E-state index in [4.69, 9.17) is 92.8 Å².